The summed E-state index contributed by atoms with van der Waals surface area (Å²) in [7, 11) is -3.58. The van der Waals surface area contributed by atoms with Gasteiger partial charge in [0.2, 0.25) is 10.0 Å². The van der Waals surface area contributed by atoms with Crippen LogP contribution in [0, 0.1) is 5.92 Å². The zero-order chi connectivity index (χ0) is 17.3. The molecule has 0 bridgehead atoms. The van der Waals surface area contributed by atoms with Crippen LogP contribution in [0.5, 0.6) is 0 Å². The Morgan fingerprint density at radius 3 is 2.38 bits per heavy atom. The number of piperidine rings is 1. The summed E-state index contributed by atoms with van der Waals surface area (Å²) < 4.78 is 27.2. The van der Waals surface area contributed by atoms with Crippen molar-refractivity contribution in [3.05, 3.63) is 28.8 Å². The van der Waals surface area contributed by atoms with Gasteiger partial charge < -0.3 is 4.90 Å². The highest BCUT2D eigenvalue weighted by Gasteiger charge is 2.30. The summed E-state index contributed by atoms with van der Waals surface area (Å²) in [4.78, 5) is 14.5. The van der Waals surface area contributed by atoms with Crippen LogP contribution in [0.1, 0.15) is 43.0 Å². The number of carbonyl (C=O) groups is 1. The Bertz CT molecular complexity index is 721. The topological polar surface area (TPSA) is 57.7 Å². The van der Waals surface area contributed by atoms with Gasteiger partial charge in [-0.15, -0.1) is 0 Å². The van der Waals surface area contributed by atoms with Gasteiger partial charge in [-0.25, -0.2) is 8.42 Å². The summed E-state index contributed by atoms with van der Waals surface area (Å²) in [5, 5.41) is 0.304. The van der Waals surface area contributed by atoms with Gasteiger partial charge in [-0.05, 0) is 49.8 Å². The zero-order valence-electron chi connectivity index (χ0n) is 13.9. The molecule has 2 heterocycles. The molecule has 0 aliphatic carbocycles. The maximum atomic E-state index is 12.9. The molecule has 0 aromatic heterocycles. The Hall–Kier alpha value is -1.11. The molecular formula is C17H23ClN2O3S. The van der Waals surface area contributed by atoms with E-state index in [1.165, 1.54) is 22.5 Å². The molecule has 0 radical (unpaired) electrons. The van der Waals surface area contributed by atoms with Crippen LogP contribution in [0.2, 0.25) is 5.02 Å². The number of rotatable bonds is 3. The summed E-state index contributed by atoms with van der Waals surface area (Å²) in [5.74, 6) is 0.371. The third kappa shape index (κ3) is 3.46. The molecule has 0 spiro atoms. The van der Waals surface area contributed by atoms with E-state index in [1.807, 2.05) is 0 Å². The van der Waals surface area contributed by atoms with Crippen LogP contribution in [0.15, 0.2) is 23.1 Å². The first-order valence-electron chi connectivity index (χ1n) is 8.48. The molecule has 2 saturated heterocycles. The monoisotopic (exact) mass is 370 g/mol. The lowest BCUT2D eigenvalue weighted by Gasteiger charge is -2.29. The fourth-order valence-electron chi connectivity index (χ4n) is 3.29. The summed E-state index contributed by atoms with van der Waals surface area (Å²) in [6.07, 6.45) is 3.69. The molecule has 7 heteroatoms. The molecule has 1 amide bonds. The molecule has 0 N–H and O–H groups in total. The van der Waals surface area contributed by atoms with E-state index < -0.39 is 10.0 Å². The molecule has 1 aromatic rings. The van der Waals surface area contributed by atoms with Gasteiger partial charge in [0.1, 0.15) is 0 Å². The van der Waals surface area contributed by atoms with Crippen molar-refractivity contribution in [1.82, 2.24) is 9.21 Å². The zero-order valence-corrected chi connectivity index (χ0v) is 15.4. The molecule has 132 valence electrons. The number of hydrogen-bond acceptors (Lipinski definition) is 3. The minimum atomic E-state index is -3.58. The van der Waals surface area contributed by atoms with Crippen molar-refractivity contribution >= 4 is 27.5 Å². The van der Waals surface area contributed by atoms with Crippen molar-refractivity contribution in [2.45, 2.75) is 37.5 Å². The summed E-state index contributed by atoms with van der Waals surface area (Å²) in [6, 6.07) is 4.46. The Balaban J connectivity index is 1.88. The van der Waals surface area contributed by atoms with Crippen molar-refractivity contribution < 1.29 is 13.2 Å². The fourth-order valence-corrected chi connectivity index (χ4v) is 4.99. The Morgan fingerprint density at radius 1 is 1.12 bits per heavy atom. The van der Waals surface area contributed by atoms with E-state index in [-0.39, 0.29) is 16.4 Å². The van der Waals surface area contributed by atoms with Crippen molar-refractivity contribution in [3.8, 4) is 0 Å². The van der Waals surface area contributed by atoms with Crippen molar-refractivity contribution in [3.63, 3.8) is 0 Å². The largest absolute Gasteiger partial charge is 0.339 e. The van der Waals surface area contributed by atoms with Gasteiger partial charge in [-0.3, -0.25) is 4.79 Å². The van der Waals surface area contributed by atoms with E-state index in [1.54, 1.807) is 4.90 Å². The minimum Gasteiger partial charge on any atom is -0.339 e. The number of nitrogens with zero attached hydrogens (tertiary/aromatic N) is 2. The molecule has 2 aliphatic rings. The van der Waals surface area contributed by atoms with Gasteiger partial charge in [0.15, 0.2) is 0 Å². The van der Waals surface area contributed by atoms with Gasteiger partial charge >= 0.3 is 0 Å². The van der Waals surface area contributed by atoms with Crippen LogP contribution in [-0.2, 0) is 10.0 Å². The van der Waals surface area contributed by atoms with Gasteiger partial charge in [-0.2, -0.15) is 4.31 Å². The molecule has 24 heavy (non-hydrogen) atoms. The number of halogens is 1. The Labute approximate surface area is 148 Å². The Morgan fingerprint density at radius 2 is 1.75 bits per heavy atom. The van der Waals surface area contributed by atoms with Crippen molar-refractivity contribution in [1.29, 1.82) is 0 Å². The minimum absolute atomic E-state index is 0.156. The second-order valence-electron chi connectivity index (χ2n) is 6.73. The lowest BCUT2D eigenvalue weighted by Crippen LogP contribution is -2.38. The number of likely N-dealkylation sites (tertiary alicyclic amines) is 1. The lowest BCUT2D eigenvalue weighted by molar-refractivity contribution is 0.0792. The maximum Gasteiger partial charge on any atom is 0.255 e. The summed E-state index contributed by atoms with van der Waals surface area (Å²) in [6.45, 7) is 4.61. The SMILES string of the molecule is CC1CCN(S(=O)(=O)c2ccc(Cl)c(C(=O)N3CCCC3)c2)CC1. The fraction of sp³-hybridized carbons (Fsp3) is 0.588. The molecular weight excluding hydrogens is 348 g/mol. The van der Waals surface area contributed by atoms with E-state index in [0.717, 1.165) is 25.7 Å². The molecule has 1 aromatic carbocycles. The molecule has 0 saturated carbocycles. The van der Waals surface area contributed by atoms with E-state index in [4.69, 9.17) is 11.6 Å². The first-order chi connectivity index (χ1) is 11.4. The maximum absolute atomic E-state index is 12.9. The number of amides is 1. The molecule has 2 aliphatic heterocycles. The van der Waals surface area contributed by atoms with Crippen LogP contribution in [-0.4, -0.2) is 49.7 Å². The number of carbonyl (C=O) groups excluding carboxylic acids is 1. The van der Waals surface area contributed by atoms with Gasteiger partial charge in [-0.1, -0.05) is 18.5 Å². The van der Waals surface area contributed by atoms with E-state index in [2.05, 4.69) is 6.92 Å². The first kappa shape index (κ1) is 17.7. The predicted molar refractivity (Wildman–Crippen MR) is 93.7 cm³/mol. The third-order valence-electron chi connectivity index (χ3n) is 4.94. The van der Waals surface area contributed by atoms with Gasteiger partial charge in [0.25, 0.3) is 5.91 Å². The van der Waals surface area contributed by atoms with Crippen LogP contribution in [0.4, 0.5) is 0 Å². The highest BCUT2D eigenvalue weighted by molar-refractivity contribution is 7.89. The average molecular weight is 371 g/mol. The molecule has 5 nitrogen and oxygen atoms in total. The molecule has 2 fully saturated rings. The van der Waals surface area contributed by atoms with Crippen LogP contribution in [0.3, 0.4) is 0 Å². The highest BCUT2D eigenvalue weighted by atomic mass is 35.5. The first-order valence-corrected chi connectivity index (χ1v) is 10.3. The van der Waals surface area contributed by atoms with Gasteiger partial charge in [0, 0.05) is 26.2 Å². The second-order valence-corrected chi connectivity index (χ2v) is 9.07. The van der Waals surface area contributed by atoms with E-state index in [0.29, 0.717) is 37.1 Å². The summed E-state index contributed by atoms with van der Waals surface area (Å²) in [5.41, 5.74) is 0.282. The molecule has 0 unspecified atom stereocenters. The normalized spacial score (nSPS) is 20.5. The smallest absolute Gasteiger partial charge is 0.255 e. The molecule has 3 rings (SSSR count). The lowest BCUT2D eigenvalue weighted by atomic mass is 10.0. The van der Waals surface area contributed by atoms with Crippen molar-refractivity contribution in [2.24, 2.45) is 5.92 Å². The van der Waals surface area contributed by atoms with Crippen LogP contribution in [0.25, 0.3) is 0 Å². The van der Waals surface area contributed by atoms with Crippen LogP contribution < -0.4 is 0 Å². The number of hydrogen-bond donors (Lipinski definition) is 0. The third-order valence-corrected chi connectivity index (χ3v) is 7.17. The number of benzene rings is 1. The second kappa shape index (κ2) is 7.02. The standard InChI is InChI=1S/C17H23ClN2O3S/c1-13-6-10-20(11-7-13)24(22,23)14-4-5-16(18)15(12-14)17(21)19-8-2-3-9-19/h4-5,12-13H,2-3,6-11H2,1H3. The van der Waals surface area contributed by atoms with Crippen molar-refractivity contribution in [2.75, 3.05) is 26.2 Å². The van der Waals surface area contributed by atoms with Gasteiger partial charge in [0.05, 0.1) is 15.5 Å². The van der Waals surface area contributed by atoms with Crippen LogP contribution >= 0.6 is 11.6 Å². The van der Waals surface area contributed by atoms with E-state index in [9.17, 15) is 13.2 Å². The predicted octanol–water partition coefficient (Wildman–Crippen LogP) is 3.00. The quantitative estimate of drug-likeness (QED) is 0.821. The highest BCUT2D eigenvalue weighted by Crippen LogP contribution is 2.27. The average Bonchev–Trinajstić information content (AvgIpc) is 3.09. The molecule has 0 atom stereocenters. The summed E-state index contributed by atoms with van der Waals surface area (Å²) >= 11 is 6.17. The Kier molecular flexibility index (Phi) is 5.18. The number of sulfonamides is 1. The van der Waals surface area contributed by atoms with E-state index >= 15 is 0 Å².